The average molecular weight is 379 g/mol. The summed E-state index contributed by atoms with van der Waals surface area (Å²) in [5.74, 6) is -1.15. The Morgan fingerprint density at radius 1 is 0.964 bits per heavy atom. The first-order valence-corrected chi connectivity index (χ1v) is 9.04. The van der Waals surface area contributed by atoms with Crippen LogP contribution in [0.4, 0.5) is 5.69 Å². The van der Waals surface area contributed by atoms with Crippen LogP contribution < -0.4 is 16.0 Å². The van der Waals surface area contributed by atoms with Crippen molar-refractivity contribution >= 4 is 29.5 Å². The van der Waals surface area contributed by atoms with Gasteiger partial charge in [-0.2, -0.15) is 0 Å². The Kier molecular flexibility index (Phi) is 7.09. The first kappa shape index (κ1) is 20.9. The second-order valence-electron chi connectivity index (χ2n) is 6.72. The van der Waals surface area contributed by atoms with Gasteiger partial charge in [-0.15, -0.1) is 0 Å². The second-order valence-corrected chi connectivity index (χ2v) is 6.72. The number of hydrogen-bond donors (Lipinski definition) is 3. The molecule has 0 radical (unpaired) electrons. The van der Waals surface area contributed by atoms with Crippen LogP contribution in [0.15, 0.2) is 54.2 Å². The minimum Gasteiger partial charge on any atom is -0.350 e. The summed E-state index contributed by atoms with van der Waals surface area (Å²) in [5, 5.41) is 8.10. The standard InChI is InChI=1S/C22H25N3O3/c1-14(2)23-21(27)18-11-7-8-12-19(18)25-22(28)20(24-16(4)26)13-17-10-6-5-9-15(17)3/h5-14H,1-4H3,(H,23,27)(H,24,26)(H,25,28). The zero-order chi connectivity index (χ0) is 20.7. The van der Waals surface area contributed by atoms with Crippen molar-refractivity contribution in [3.8, 4) is 0 Å². The lowest BCUT2D eigenvalue weighted by molar-refractivity contribution is -0.120. The van der Waals surface area contributed by atoms with E-state index in [0.29, 0.717) is 11.3 Å². The molecular formula is C22H25N3O3. The van der Waals surface area contributed by atoms with E-state index in [0.717, 1.165) is 11.1 Å². The van der Waals surface area contributed by atoms with E-state index < -0.39 is 5.91 Å². The number of hydrogen-bond acceptors (Lipinski definition) is 3. The molecule has 6 heteroatoms. The van der Waals surface area contributed by atoms with Crippen LogP contribution in [0.2, 0.25) is 0 Å². The van der Waals surface area contributed by atoms with E-state index in [1.54, 1.807) is 30.3 Å². The van der Waals surface area contributed by atoms with Gasteiger partial charge in [-0.05, 0) is 50.1 Å². The normalized spacial score (nSPS) is 11.1. The molecule has 6 nitrogen and oxygen atoms in total. The Hall–Kier alpha value is -3.41. The van der Waals surface area contributed by atoms with Gasteiger partial charge in [0, 0.05) is 13.0 Å². The van der Waals surface area contributed by atoms with Gasteiger partial charge >= 0.3 is 0 Å². The van der Waals surface area contributed by atoms with E-state index >= 15 is 0 Å². The molecule has 0 aliphatic heterocycles. The maximum Gasteiger partial charge on any atom is 0.272 e. The van der Waals surface area contributed by atoms with E-state index in [1.807, 2.05) is 45.0 Å². The lowest BCUT2D eigenvalue weighted by atomic mass is 10.1. The first-order valence-electron chi connectivity index (χ1n) is 9.04. The van der Waals surface area contributed by atoms with Crippen molar-refractivity contribution in [1.29, 1.82) is 0 Å². The Labute approximate surface area is 165 Å². The van der Waals surface area contributed by atoms with Crippen LogP contribution in [-0.2, 0) is 9.59 Å². The van der Waals surface area contributed by atoms with Gasteiger partial charge in [-0.3, -0.25) is 14.4 Å². The second kappa shape index (κ2) is 9.50. The highest BCUT2D eigenvalue weighted by Gasteiger charge is 2.17. The van der Waals surface area contributed by atoms with Gasteiger partial charge in [-0.1, -0.05) is 36.4 Å². The van der Waals surface area contributed by atoms with Gasteiger partial charge in [0.25, 0.3) is 11.8 Å². The van der Waals surface area contributed by atoms with E-state index in [4.69, 9.17) is 0 Å². The Bertz CT molecular complexity index is 917. The van der Waals surface area contributed by atoms with E-state index in [-0.39, 0.29) is 23.6 Å². The zero-order valence-electron chi connectivity index (χ0n) is 16.5. The van der Waals surface area contributed by atoms with Crippen LogP contribution in [0.3, 0.4) is 0 Å². The molecule has 28 heavy (non-hydrogen) atoms. The zero-order valence-corrected chi connectivity index (χ0v) is 16.5. The summed E-state index contributed by atoms with van der Waals surface area (Å²) in [6.07, 6.45) is 1.61. The monoisotopic (exact) mass is 379 g/mol. The summed E-state index contributed by atoms with van der Waals surface area (Å²) in [4.78, 5) is 36.8. The Morgan fingerprint density at radius 2 is 1.61 bits per heavy atom. The van der Waals surface area contributed by atoms with Crippen molar-refractivity contribution < 1.29 is 14.4 Å². The van der Waals surface area contributed by atoms with Crippen LogP contribution in [0.5, 0.6) is 0 Å². The third kappa shape index (κ3) is 5.81. The highest BCUT2D eigenvalue weighted by Crippen LogP contribution is 2.17. The molecule has 0 spiro atoms. The number of rotatable bonds is 6. The van der Waals surface area contributed by atoms with Gasteiger partial charge in [0.15, 0.2) is 0 Å². The molecule has 0 heterocycles. The minimum atomic E-state index is -0.511. The van der Waals surface area contributed by atoms with Crippen LogP contribution >= 0.6 is 0 Å². The number of anilines is 1. The van der Waals surface area contributed by atoms with E-state index in [2.05, 4.69) is 16.0 Å². The molecule has 2 aromatic carbocycles. The van der Waals surface area contributed by atoms with Crippen LogP contribution in [0.1, 0.15) is 42.3 Å². The van der Waals surface area contributed by atoms with Gasteiger partial charge < -0.3 is 16.0 Å². The fourth-order valence-electron chi connectivity index (χ4n) is 2.57. The molecule has 2 rings (SSSR count). The van der Waals surface area contributed by atoms with Crippen molar-refractivity contribution in [3.63, 3.8) is 0 Å². The number of aryl methyl sites for hydroxylation is 1. The maximum absolute atomic E-state index is 12.8. The van der Waals surface area contributed by atoms with Crippen molar-refractivity contribution in [1.82, 2.24) is 10.6 Å². The number of carbonyl (C=O) groups excluding carboxylic acids is 3. The van der Waals surface area contributed by atoms with Crippen molar-refractivity contribution in [2.45, 2.75) is 33.7 Å². The number of amides is 3. The summed E-state index contributed by atoms with van der Waals surface area (Å²) in [7, 11) is 0. The van der Waals surface area contributed by atoms with Crippen LogP contribution in [-0.4, -0.2) is 23.8 Å². The number of para-hydroxylation sites is 1. The third-order valence-electron chi connectivity index (χ3n) is 3.88. The summed E-state index contributed by atoms with van der Waals surface area (Å²) in [6, 6.07) is 14.2. The quantitative estimate of drug-likeness (QED) is 0.673. The predicted octanol–water partition coefficient (Wildman–Crippen LogP) is 3.25. The summed E-state index contributed by atoms with van der Waals surface area (Å²) in [6.45, 7) is 6.97. The molecule has 3 amide bonds. The van der Waals surface area contributed by atoms with Gasteiger partial charge in [-0.25, -0.2) is 0 Å². The molecule has 0 bridgehead atoms. The topological polar surface area (TPSA) is 87.3 Å². The fourth-order valence-corrected chi connectivity index (χ4v) is 2.57. The number of carbonyl (C=O) groups is 3. The molecule has 0 atom stereocenters. The van der Waals surface area contributed by atoms with Crippen molar-refractivity contribution in [2.24, 2.45) is 0 Å². The summed E-state index contributed by atoms with van der Waals surface area (Å²) < 4.78 is 0. The molecule has 0 saturated heterocycles. The fraction of sp³-hybridized carbons (Fsp3) is 0.227. The maximum atomic E-state index is 12.8. The lowest BCUT2D eigenvalue weighted by Gasteiger charge is -2.14. The minimum absolute atomic E-state index is 0.0350. The average Bonchev–Trinajstić information content (AvgIpc) is 2.62. The van der Waals surface area contributed by atoms with Crippen LogP contribution in [0.25, 0.3) is 6.08 Å². The molecule has 0 unspecified atom stereocenters. The number of benzene rings is 2. The lowest BCUT2D eigenvalue weighted by Crippen LogP contribution is -2.32. The third-order valence-corrected chi connectivity index (χ3v) is 3.88. The Morgan fingerprint density at radius 3 is 2.25 bits per heavy atom. The largest absolute Gasteiger partial charge is 0.350 e. The van der Waals surface area contributed by atoms with Gasteiger partial charge in [0.2, 0.25) is 5.91 Å². The molecule has 0 fully saturated rings. The molecule has 0 aliphatic carbocycles. The predicted molar refractivity (Wildman–Crippen MR) is 111 cm³/mol. The molecule has 0 saturated carbocycles. The molecule has 3 N–H and O–H groups in total. The highest BCUT2D eigenvalue weighted by molar-refractivity contribution is 6.11. The van der Waals surface area contributed by atoms with Gasteiger partial charge in [0.1, 0.15) is 5.70 Å². The van der Waals surface area contributed by atoms with Gasteiger partial charge in [0.05, 0.1) is 11.3 Å². The van der Waals surface area contributed by atoms with Crippen molar-refractivity contribution in [3.05, 3.63) is 70.9 Å². The van der Waals surface area contributed by atoms with E-state index in [1.165, 1.54) is 6.92 Å². The van der Waals surface area contributed by atoms with Crippen LogP contribution in [0, 0.1) is 6.92 Å². The summed E-state index contributed by atoms with van der Waals surface area (Å²) in [5.41, 5.74) is 2.59. The molecular weight excluding hydrogens is 354 g/mol. The molecule has 2 aromatic rings. The first-order chi connectivity index (χ1) is 13.3. The number of nitrogens with one attached hydrogen (secondary N) is 3. The molecule has 0 aliphatic rings. The SMILES string of the molecule is CC(=O)NC(=Cc1ccccc1C)C(=O)Nc1ccccc1C(=O)NC(C)C. The Balaban J connectivity index is 2.34. The van der Waals surface area contributed by atoms with E-state index in [9.17, 15) is 14.4 Å². The molecule has 0 aromatic heterocycles. The smallest absolute Gasteiger partial charge is 0.272 e. The summed E-state index contributed by atoms with van der Waals surface area (Å²) >= 11 is 0. The van der Waals surface area contributed by atoms with Crippen molar-refractivity contribution in [2.75, 3.05) is 5.32 Å². The highest BCUT2D eigenvalue weighted by atomic mass is 16.2. The molecule has 146 valence electrons.